The summed E-state index contributed by atoms with van der Waals surface area (Å²) in [5, 5.41) is 0. The lowest BCUT2D eigenvalue weighted by atomic mass is 10.0. The van der Waals surface area contributed by atoms with Crippen LogP contribution in [0, 0.1) is 0 Å². The van der Waals surface area contributed by atoms with E-state index >= 15 is 0 Å². The number of piperidine rings is 1. The van der Waals surface area contributed by atoms with E-state index in [0.717, 1.165) is 36.4 Å². The molecule has 2 rings (SSSR count). The van der Waals surface area contributed by atoms with Gasteiger partial charge < -0.3 is 14.4 Å². The number of hydrogen-bond donors (Lipinski definition) is 0. The molecule has 110 valence electrons. The number of methoxy groups -OCH3 is 2. The number of carbonyl (C=O) groups is 1. The van der Waals surface area contributed by atoms with Crippen LogP contribution in [0.2, 0.25) is 0 Å². The minimum absolute atomic E-state index is 0.170. The van der Waals surface area contributed by atoms with Crippen LogP contribution in [0.4, 0.5) is 0 Å². The molecule has 0 bridgehead atoms. The van der Waals surface area contributed by atoms with Crippen molar-refractivity contribution in [2.45, 2.75) is 38.6 Å². The smallest absolute Gasteiger partial charge is 0.227 e. The molecule has 4 nitrogen and oxygen atoms in total. The second-order valence-electron chi connectivity index (χ2n) is 5.29. The van der Waals surface area contributed by atoms with Crippen molar-refractivity contribution < 1.29 is 14.3 Å². The van der Waals surface area contributed by atoms with Crippen LogP contribution in [0.25, 0.3) is 0 Å². The van der Waals surface area contributed by atoms with Gasteiger partial charge in [0.05, 0.1) is 20.6 Å². The van der Waals surface area contributed by atoms with Crippen LogP contribution < -0.4 is 9.47 Å². The van der Waals surface area contributed by atoms with Crippen LogP contribution in [0.15, 0.2) is 18.2 Å². The van der Waals surface area contributed by atoms with Crippen LogP contribution in [0.1, 0.15) is 31.7 Å². The van der Waals surface area contributed by atoms with Crippen molar-refractivity contribution in [3.63, 3.8) is 0 Å². The SMILES string of the molecule is COc1ccc(OC)c(CC(=O)N2CCCCC2C)c1. The maximum atomic E-state index is 12.5. The van der Waals surface area contributed by atoms with E-state index in [0.29, 0.717) is 12.5 Å². The molecule has 1 saturated heterocycles. The van der Waals surface area contributed by atoms with Crippen molar-refractivity contribution in [3.8, 4) is 11.5 Å². The normalized spacial score (nSPS) is 18.8. The van der Waals surface area contributed by atoms with Gasteiger partial charge in [-0.1, -0.05) is 0 Å². The quantitative estimate of drug-likeness (QED) is 0.849. The van der Waals surface area contributed by atoms with Gasteiger partial charge in [-0.25, -0.2) is 0 Å². The summed E-state index contributed by atoms with van der Waals surface area (Å²) in [5.41, 5.74) is 0.884. The second kappa shape index (κ2) is 6.64. The summed E-state index contributed by atoms with van der Waals surface area (Å²) in [6.45, 7) is 2.99. The van der Waals surface area contributed by atoms with Crippen LogP contribution in [0.3, 0.4) is 0 Å². The molecule has 0 saturated carbocycles. The summed E-state index contributed by atoms with van der Waals surface area (Å²) in [5.74, 6) is 1.66. The molecule has 1 fully saturated rings. The van der Waals surface area contributed by atoms with Gasteiger partial charge in [-0.2, -0.15) is 0 Å². The molecule has 1 aliphatic rings. The van der Waals surface area contributed by atoms with Crippen LogP contribution in [-0.2, 0) is 11.2 Å². The first-order valence-electron chi connectivity index (χ1n) is 7.16. The Bertz CT molecular complexity index is 473. The van der Waals surface area contributed by atoms with Gasteiger partial charge in [-0.05, 0) is 44.4 Å². The first-order chi connectivity index (χ1) is 9.65. The molecule has 1 amide bonds. The van der Waals surface area contributed by atoms with Gasteiger partial charge in [0.1, 0.15) is 11.5 Å². The van der Waals surface area contributed by atoms with Crippen molar-refractivity contribution in [1.29, 1.82) is 0 Å². The fourth-order valence-corrected chi connectivity index (χ4v) is 2.75. The highest BCUT2D eigenvalue weighted by molar-refractivity contribution is 5.80. The van der Waals surface area contributed by atoms with E-state index in [1.54, 1.807) is 14.2 Å². The Morgan fingerprint density at radius 3 is 2.75 bits per heavy atom. The minimum atomic E-state index is 0.170. The number of nitrogens with zero attached hydrogens (tertiary/aromatic N) is 1. The topological polar surface area (TPSA) is 38.8 Å². The van der Waals surface area contributed by atoms with Crippen molar-refractivity contribution in [2.24, 2.45) is 0 Å². The number of ether oxygens (including phenoxy) is 2. The van der Waals surface area contributed by atoms with E-state index in [2.05, 4.69) is 6.92 Å². The average molecular weight is 277 g/mol. The fourth-order valence-electron chi connectivity index (χ4n) is 2.75. The van der Waals surface area contributed by atoms with Crippen LogP contribution >= 0.6 is 0 Å². The van der Waals surface area contributed by atoms with Gasteiger partial charge in [-0.15, -0.1) is 0 Å². The largest absolute Gasteiger partial charge is 0.497 e. The fraction of sp³-hybridized carbons (Fsp3) is 0.562. The molecule has 0 N–H and O–H groups in total. The molecule has 0 radical (unpaired) electrons. The number of carbonyl (C=O) groups excluding carboxylic acids is 1. The molecule has 0 spiro atoms. The lowest BCUT2D eigenvalue weighted by molar-refractivity contribution is -0.133. The summed E-state index contributed by atoms with van der Waals surface area (Å²) >= 11 is 0. The molecule has 4 heteroatoms. The summed E-state index contributed by atoms with van der Waals surface area (Å²) in [6.07, 6.45) is 3.78. The zero-order chi connectivity index (χ0) is 14.5. The summed E-state index contributed by atoms with van der Waals surface area (Å²) in [6, 6.07) is 5.91. The molecule has 1 unspecified atom stereocenters. The molecule has 0 aromatic heterocycles. The Morgan fingerprint density at radius 2 is 2.10 bits per heavy atom. The first kappa shape index (κ1) is 14.7. The maximum Gasteiger partial charge on any atom is 0.227 e. The van der Waals surface area contributed by atoms with Gasteiger partial charge in [0.2, 0.25) is 5.91 Å². The van der Waals surface area contributed by atoms with E-state index in [9.17, 15) is 4.79 Å². The first-order valence-corrected chi connectivity index (χ1v) is 7.16. The highest BCUT2D eigenvalue weighted by Gasteiger charge is 2.24. The molecular formula is C16H23NO3. The summed E-state index contributed by atoms with van der Waals surface area (Å²) in [7, 11) is 3.25. The number of benzene rings is 1. The monoisotopic (exact) mass is 277 g/mol. The second-order valence-corrected chi connectivity index (χ2v) is 5.29. The third kappa shape index (κ3) is 3.24. The number of likely N-dealkylation sites (tertiary alicyclic amines) is 1. The standard InChI is InChI=1S/C16H23NO3/c1-12-6-4-5-9-17(12)16(18)11-13-10-14(19-2)7-8-15(13)20-3/h7-8,10,12H,4-6,9,11H2,1-3H3. The Balaban J connectivity index is 2.13. The number of amides is 1. The van der Waals surface area contributed by atoms with Crippen molar-refractivity contribution in [2.75, 3.05) is 20.8 Å². The molecule has 1 aliphatic heterocycles. The molecule has 0 aliphatic carbocycles. The van der Waals surface area contributed by atoms with Crippen LogP contribution in [-0.4, -0.2) is 37.6 Å². The van der Waals surface area contributed by atoms with E-state index < -0.39 is 0 Å². The van der Waals surface area contributed by atoms with E-state index in [4.69, 9.17) is 9.47 Å². The van der Waals surface area contributed by atoms with Gasteiger partial charge in [0.25, 0.3) is 0 Å². The minimum Gasteiger partial charge on any atom is -0.497 e. The molecule has 1 atom stereocenters. The van der Waals surface area contributed by atoms with Crippen molar-refractivity contribution in [1.82, 2.24) is 4.90 Å². The lowest BCUT2D eigenvalue weighted by Crippen LogP contribution is -2.42. The zero-order valence-electron chi connectivity index (χ0n) is 12.5. The Morgan fingerprint density at radius 1 is 1.30 bits per heavy atom. The molecule has 1 aromatic rings. The maximum absolute atomic E-state index is 12.5. The van der Waals surface area contributed by atoms with Gasteiger partial charge >= 0.3 is 0 Å². The summed E-state index contributed by atoms with van der Waals surface area (Å²) < 4.78 is 10.6. The number of hydrogen-bond acceptors (Lipinski definition) is 3. The van der Waals surface area contributed by atoms with E-state index in [1.165, 1.54) is 6.42 Å². The highest BCUT2D eigenvalue weighted by Crippen LogP contribution is 2.26. The van der Waals surface area contributed by atoms with Crippen molar-refractivity contribution >= 4 is 5.91 Å². The molecular weight excluding hydrogens is 254 g/mol. The average Bonchev–Trinajstić information content (AvgIpc) is 2.47. The highest BCUT2D eigenvalue weighted by atomic mass is 16.5. The zero-order valence-corrected chi connectivity index (χ0v) is 12.5. The lowest BCUT2D eigenvalue weighted by Gasteiger charge is -2.33. The third-order valence-electron chi connectivity index (χ3n) is 3.95. The predicted octanol–water partition coefficient (Wildman–Crippen LogP) is 2.65. The summed E-state index contributed by atoms with van der Waals surface area (Å²) in [4.78, 5) is 14.5. The van der Waals surface area contributed by atoms with E-state index in [-0.39, 0.29) is 5.91 Å². The third-order valence-corrected chi connectivity index (χ3v) is 3.95. The van der Waals surface area contributed by atoms with Gasteiger partial charge in [-0.3, -0.25) is 4.79 Å². The van der Waals surface area contributed by atoms with Crippen LogP contribution in [0.5, 0.6) is 11.5 Å². The Hall–Kier alpha value is -1.71. The Kier molecular flexibility index (Phi) is 4.88. The Labute approximate surface area is 120 Å². The van der Waals surface area contributed by atoms with Gasteiger partial charge in [0.15, 0.2) is 0 Å². The predicted molar refractivity (Wildman–Crippen MR) is 78.3 cm³/mol. The van der Waals surface area contributed by atoms with Crippen molar-refractivity contribution in [3.05, 3.63) is 23.8 Å². The molecule has 1 heterocycles. The van der Waals surface area contributed by atoms with E-state index in [1.807, 2.05) is 23.1 Å². The molecule has 1 aromatic carbocycles. The molecule has 20 heavy (non-hydrogen) atoms. The number of rotatable bonds is 4. The van der Waals surface area contributed by atoms with Gasteiger partial charge in [0, 0.05) is 18.2 Å².